The maximum absolute atomic E-state index is 11.9. The van der Waals surface area contributed by atoms with Gasteiger partial charge in [0.2, 0.25) is 5.91 Å². The van der Waals surface area contributed by atoms with E-state index in [1.807, 2.05) is 13.8 Å². The second-order valence-corrected chi connectivity index (χ2v) is 5.47. The van der Waals surface area contributed by atoms with Crippen LogP contribution in [0.15, 0.2) is 0 Å². The van der Waals surface area contributed by atoms with E-state index in [0.717, 1.165) is 12.8 Å². The van der Waals surface area contributed by atoms with Gasteiger partial charge in [0.1, 0.15) is 0 Å². The van der Waals surface area contributed by atoms with Gasteiger partial charge in [-0.05, 0) is 26.7 Å². The minimum absolute atomic E-state index is 0.0705. The van der Waals surface area contributed by atoms with E-state index in [9.17, 15) is 9.59 Å². The molecule has 2 N–H and O–H groups in total. The van der Waals surface area contributed by atoms with Crippen LogP contribution in [0, 0.1) is 0 Å². The van der Waals surface area contributed by atoms with Crippen LogP contribution in [0.25, 0.3) is 0 Å². The van der Waals surface area contributed by atoms with Crippen molar-refractivity contribution in [2.45, 2.75) is 70.2 Å². The lowest BCUT2D eigenvalue weighted by Gasteiger charge is -2.40. The van der Waals surface area contributed by atoms with E-state index in [1.54, 1.807) is 0 Å². The Balaban J connectivity index is 1.89. The Hall–Kier alpha value is -1.10. The van der Waals surface area contributed by atoms with Gasteiger partial charge in [-0.3, -0.25) is 9.59 Å². The summed E-state index contributed by atoms with van der Waals surface area (Å²) in [4.78, 5) is 23.5. The van der Waals surface area contributed by atoms with Gasteiger partial charge >= 0.3 is 5.97 Å². The van der Waals surface area contributed by atoms with E-state index in [-0.39, 0.29) is 30.4 Å². The summed E-state index contributed by atoms with van der Waals surface area (Å²) < 4.78 is 5.08. The monoisotopic (exact) mass is 254 g/mol. The Morgan fingerprint density at radius 2 is 2.00 bits per heavy atom. The molecular formula is C13H22N2O3. The summed E-state index contributed by atoms with van der Waals surface area (Å²) in [5.41, 5.74) is 0. The molecule has 3 atom stereocenters. The van der Waals surface area contributed by atoms with Crippen molar-refractivity contribution in [2.75, 3.05) is 0 Å². The number of carbonyl (C=O) groups excluding carboxylic acids is 2. The standard InChI is InChI=1S/C13H22N2O3/c1-8(2)18-12(16)7-11-13(17)15-10-6-4-3-5-9(10)14-11/h8-11,14H,3-7H2,1-2H3,(H,15,17). The zero-order valence-corrected chi connectivity index (χ0v) is 11.1. The molecule has 1 amide bonds. The van der Waals surface area contributed by atoms with Crippen LogP contribution in [0.5, 0.6) is 0 Å². The Morgan fingerprint density at radius 3 is 2.67 bits per heavy atom. The predicted octanol–water partition coefficient (Wildman–Crippen LogP) is 0.727. The fraction of sp³-hybridized carbons (Fsp3) is 0.846. The first kappa shape index (κ1) is 13.3. The molecule has 1 saturated heterocycles. The molecule has 102 valence electrons. The third kappa shape index (κ3) is 3.22. The van der Waals surface area contributed by atoms with Crippen molar-refractivity contribution < 1.29 is 14.3 Å². The first-order valence-corrected chi connectivity index (χ1v) is 6.82. The highest BCUT2D eigenvalue weighted by atomic mass is 16.5. The minimum Gasteiger partial charge on any atom is -0.463 e. The molecule has 0 bridgehead atoms. The van der Waals surface area contributed by atoms with Gasteiger partial charge in [-0.1, -0.05) is 12.8 Å². The highest BCUT2D eigenvalue weighted by Crippen LogP contribution is 2.22. The van der Waals surface area contributed by atoms with E-state index in [0.29, 0.717) is 6.04 Å². The molecule has 1 heterocycles. The Labute approximate surface area is 108 Å². The second kappa shape index (κ2) is 5.69. The van der Waals surface area contributed by atoms with Crippen molar-refractivity contribution in [3.05, 3.63) is 0 Å². The summed E-state index contributed by atoms with van der Waals surface area (Å²) in [7, 11) is 0. The molecule has 0 aromatic rings. The molecule has 18 heavy (non-hydrogen) atoms. The summed E-state index contributed by atoms with van der Waals surface area (Å²) in [5, 5.41) is 6.31. The zero-order chi connectivity index (χ0) is 13.1. The first-order chi connectivity index (χ1) is 8.56. The maximum atomic E-state index is 11.9. The molecule has 0 aromatic carbocycles. The van der Waals surface area contributed by atoms with E-state index < -0.39 is 6.04 Å². The zero-order valence-electron chi connectivity index (χ0n) is 11.1. The highest BCUT2D eigenvalue weighted by molar-refractivity contribution is 5.87. The maximum Gasteiger partial charge on any atom is 0.308 e. The van der Waals surface area contributed by atoms with E-state index in [1.165, 1.54) is 12.8 Å². The number of piperazine rings is 1. The van der Waals surface area contributed by atoms with Crippen molar-refractivity contribution in [2.24, 2.45) is 0 Å². The van der Waals surface area contributed by atoms with Crippen LogP contribution in [0.4, 0.5) is 0 Å². The molecule has 2 fully saturated rings. The van der Waals surface area contributed by atoms with Gasteiger partial charge in [-0.2, -0.15) is 0 Å². The number of amides is 1. The average molecular weight is 254 g/mol. The Kier molecular flexibility index (Phi) is 4.22. The fourth-order valence-corrected chi connectivity index (χ4v) is 2.75. The number of ether oxygens (including phenoxy) is 1. The first-order valence-electron chi connectivity index (χ1n) is 6.82. The minimum atomic E-state index is -0.435. The third-order valence-corrected chi connectivity index (χ3v) is 3.56. The van der Waals surface area contributed by atoms with Crippen LogP contribution < -0.4 is 10.6 Å². The molecule has 5 heteroatoms. The molecule has 1 saturated carbocycles. The van der Waals surface area contributed by atoms with Crippen LogP contribution in [0.1, 0.15) is 46.0 Å². The van der Waals surface area contributed by atoms with Gasteiger partial charge in [-0.25, -0.2) is 0 Å². The summed E-state index contributed by atoms with van der Waals surface area (Å²) in [6.07, 6.45) is 4.45. The number of carbonyl (C=O) groups is 2. The van der Waals surface area contributed by atoms with Gasteiger partial charge in [0.15, 0.2) is 0 Å². The van der Waals surface area contributed by atoms with Crippen LogP contribution in [0.3, 0.4) is 0 Å². The van der Waals surface area contributed by atoms with Gasteiger partial charge in [0.05, 0.1) is 18.6 Å². The number of hydrogen-bond donors (Lipinski definition) is 2. The summed E-state index contributed by atoms with van der Waals surface area (Å²) >= 11 is 0. The third-order valence-electron chi connectivity index (χ3n) is 3.56. The molecule has 3 unspecified atom stereocenters. The SMILES string of the molecule is CC(C)OC(=O)CC1NC2CCCCC2NC1=O. The van der Waals surface area contributed by atoms with Gasteiger partial charge < -0.3 is 15.4 Å². The van der Waals surface area contributed by atoms with E-state index >= 15 is 0 Å². The molecule has 1 aliphatic carbocycles. The van der Waals surface area contributed by atoms with Crippen LogP contribution in [-0.2, 0) is 14.3 Å². The van der Waals surface area contributed by atoms with Gasteiger partial charge in [0, 0.05) is 12.1 Å². The average Bonchev–Trinajstić information content (AvgIpc) is 2.29. The van der Waals surface area contributed by atoms with E-state index in [2.05, 4.69) is 10.6 Å². The molecule has 5 nitrogen and oxygen atoms in total. The van der Waals surface area contributed by atoms with Crippen LogP contribution >= 0.6 is 0 Å². The number of esters is 1. The normalized spacial score (nSPS) is 31.7. The molecular weight excluding hydrogens is 232 g/mol. The van der Waals surface area contributed by atoms with Crippen molar-refractivity contribution in [1.82, 2.24) is 10.6 Å². The van der Waals surface area contributed by atoms with Gasteiger partial charge in [-0.15, -0.1) is 0 Å². The number of rotatable bonds is 3. The number of hydrogen-bond acceptors (Lipinski definition) is 4. The molecule has 0 radical (unpaired) electrons. The summed E-state index contributed by atoms with van der Waals surface area (Å²) in [6.45, 7) is 3.62. The van der Waals surface area contributed by atoms with Crippen molar-refractivity contribution >= 4 is 11.9 Å². The van der Waals surface area contributed by atoms with Crippen molar-refractivity contribution in [3.63, 3.8) is 0 Å². The lowest BCUT2D eigenvalue weighted by molar-refractivity contribution is -0.150. The molecule has 2 rings (SSSR count). The highest BCUT2D eigenvalue weighted by Gasteiger charge is 2.37. The molecule has 2 aliphatic rings. The predicted molar refractivity (Wildman–Crippen MR) is 67.0 cm³/mol. The lowest BCUT2D eigenvalue weighted by Crippen LogP contribution is -2.65. The van der Waals surface area contributed by atoms with Crippen LogP contribution in [0.2, 0.25) is 0 Å². The largest absolute Gasteiger partial charge is 0.463 e. The second-order valence-electron chi connectivity index (χ2n) is 5.47. The number of nitrogens with one attached hydrogen (secondary N) is 2. The topological polar surface area (TPSA) is 67.4 Å². The van der Waals surface area contributed by atoms with Crippen molar-refractivity contribution in [1.29, 1.82) is 0 Å². The Morgan fingerprint density at radius 1 is 1.33 bits per heavy atom. The molecule has 0 spiro atoms. The quantitative estimate of drug-likeness (QED) is 0.729. The molecule has 1 aliphatic heterocycles. The fourth-order valence-electron chi connectivity index (χ4n) is 2.75. The smallest absolute Gasteiger partial charge is 0.308 e. The number of fused-ring (bicyclic) bond motifs is 1. The van der Waals surface area contributed by atoms with Crippen LogP contribution in [-0.4, -0.2) is 36.1 Å². The van der Waals surface area contributed by atoms with Gasteiger partial charge in [0.25, 0.3) is 0 Å². The lowest BCUT2D eigenvalue weighted by atomic mass is 9.87. The summed E-state index contributed by atoms with van der Waals surface area (Å²) in [6, 6.07) is 0.118. The Bertz CT molecular complexity index is 330. The molecule has 0 aromatic heterocycles. The van der Waals surface area contributed by atoms with E-state index in [4.69, 9.17) is 4.74 Å². The summed E-state index contributed by atoms with van der Waals surface area (Å²) in [5.74, 6) is -0.384. The van der Waals surface area contributed by atoms with Crippen molar-refractivity contribution in [3.8, 4) is 0 Å².